The van der Waals surface area contributed by atoms with Crippen LogP contribution in [-0.2, 0) is 5.60 Å². The molecular weight excluding hydrogens is 296 g/mol. The van der Waals surface area contributed by atoms with Gasteiger partial charge in [-0.1, -0.05) is 54.7 Å². The van der Waals surface area contributed by atoms with Gasteiger partial charge in [0.2, 0.25) is 0 Å². The summed E-state index contributed by atoms with van der Waals surface area (Å²) in [6.45, 7) is 3.47. The second-order valence-corrected chi connectivity index (χ2v) is 6.51. The van der Waals surface area contributed by atoms with Crippen LogP contribution >= 0.6 is 0 Å². The number of aliphatic hydroxyl groups is 1. The van der Waals surface area contributed by atoms with Gasteiger partial charge in [-0.3, -0.25) is 9.88 Å². The van der Waals surface area contributed by atoms with Gasteiger partial charge in [-0.15, -0.1) is 0 Å². The van der Waals surface area contributed by atoms with E-state index in [0.717, 1.165) is 18.5 Å². The summed E-state index contributed by atoms with van der Waals surface area (Å²) in [5.74, 6) is 6.24. The van der Waals surface area contributed by atoms with Gasteiger partial charge in [-0.2, -0.15) is 0 Å². The second-order valence-electron chi connectivity index (χ2n) is 6.51. The number of hydrogen-bond acceptors (Lipinski definition) is 3. The van der Waals surface area contributed by atoms with E-state index in [1.807, 2.05) is 48.8 Å². The molecule has 1 aromatic carbocycles. The normalized spacial score (nSPS) is 20.7. The molecule has 0 spiro atoms. The second kappa shape index (κ2) is 7.61. The number of benzene rings is 1. The molecule has 24 heavy (non-hydrogen) atoms. The van der Waals surface area contributed by atoms with E-state index in [0.29, 0.717) is 12.6 Å². The predicted molar refractivity (Wildman–Crippen MR) is 96.2 cm³/mol. The van der Waals surface area contributed by atoms with E-state index in [1.165, 1.54) is 18.4 Å². The number of rotatable bonds is 3. The van der Waals surface area contributed by atoms with Crippen molar-refractivity contribution >= 4 is 0 Å². The molecule has 0 bridgehead atoms. The Bertz CT molecular complexity index is 701. The first-order valence-corrected chi connectivity index (χ1v) is 8.59. The lowest BCUT2D eigenvalue weighted by Gasteiger charge is -2.34. The summed E-state index contributed by atoms with van der Waals surface area (Å²) < 4.78 is 0. The molecule has 3 nitrogen and oxygen atoms in total. The lowest BCUT2D eigenvalue weighted by atomic mass is 9.95. The van der Waals surface area contributed by atoms with Crippen molar-refractivity contribution < 1.29 is 5.11 Å². The Kier molecular flexibility index (Phi) is 5.30. The molecule has 1 aliphatic rings. The molecule has 0 radical (unpaired) electrons. The van der Waals surface area contributed by atoms with E-state index < -0.39 is 5.60 Å². The molecule has 2 heterocycles. The summed E-state index contributed by atoms with van der Waals surface area (Å²) in [6, 6.07) is 14.1. The number of aromatic nitrogens is 1. The fourth-order valence-corrected chi connectivity index (χ4v) is 3.28. The smallest absolute Gasteiger partial charge is 0.148 e. The molecule has 2 aromatic rings. The average molecular weight is 320 g/mol. The fourth-order valence-electron chi connectivity index (χ4n) is 3.28. The van der Waals surface area contributed by atoms with Crippen LogP contribution < -0.4 is 0 Å². The standard InChI is InChI=1S/C21H24N2O/c1-21(24,19-10-3-2-4-11-19)13-8-16-23-15-6-5-12-20(23)18-9-7-14-22-17-18/h2-4,7,9-11,14,17,20,24H,5-6,12,15-16H2,1H3/t20-,21+/m0/s1. The van der Waals surface area contributed by atoms with E-state index >= 15 is 0 Å². The summed E-state index contributed by atoms with van der Waals surface area (Å²) in [4.78, 5) is 6.65. The number of piperidine rings is 1. The minimum absolute atomic E-state index is 0.378. The van der Waals surface area contributed by atoms with E-state index in [9.17, 15) is 5.11 Å². The number of pyridine rings is 1. The van der Waals surface area contributed by atoms with Crippen LogP contribution in [0.4, 0.5) is 0 Å². The Morgan fingerprint density at radius 2 is 2.04 bits per heavy atom. The molecule has 1 fully saturated rings. The highest BCUT2D eigenvalue weighted by molar-refractivity contribution is 5.30. The number of likely N-dealkylation sites (tertiary alicyclic amines) is 1. The lowest BCUT2D eigenvalue weighted by molar-refractivity contribution is 0.121. The minimum Gasteiger partial charge on any atom is -0.374 e. The maximum absolute atomic E-state index is 10.6. The zero-order valence-corrected chi connectivity index (χ0v) is 14.2. The zero-order chi connectivity index (χ0) is 16.8. The van der Waals surface area contributed by atoms with Gasteiger partial charge < -0.3 is 5.11 Å². The van der Waals surface area contributed by atoms with Gasteiger partial charge in [0.05, 0.1) is 6.54 Å². The van der Waals surface area contributed by atoms with Gasteiger partial charge in [0.15, 0.2) is 0 Å². The van der Waals surface area contributed by atoms with Crippen LogP contribution in [0.5, 0.6) is 0 Å². The van der Waals surface area contributed by atoms with Crippen LogP contribution in [0.25, 0.3) is 0 Å². The van der Waals surface area contributed by atoms with Gasteiger partial charge in [0.25, 0.3) is 0 Å². The molecule has 1 aliphatic heterocycles. The van der Waals surface area contributed by atoms with Gasteiger partial charge in [0.1, 0.15) is 5.60 Å². The zero-order valence-electron chi connectivity index (χ0n) is 14.2. The van der Waals surface area contributed by atoms with Crippen LogP contribution in [0.2, 0.25) is 0 Å². The third-order valence-corrected chi connectivity index (χ3v) is 4.63. The maximum Gasteiger partial charge on any atom is 0.148 e. The van der Waals surface area contributed by atoms with Gasteiger partial charge in [-0.05, 0) is 43.5 Å². The minimum atomic E-state index is -1.11. The number of hydrogen-bond donors (Lipinski definition) is 1. The van der Waals surface area contributed by atoms with Gasteiger partial charge >= 0.3 is 0 Å². The molecule has 0 saturated carbocycles. The van der Waals surface area contributed by atoms with Crippen LogP contribution in [0.3, 0.4) is 0 Å². The van der Waals surface area contributed by atoms with E-state index in [1.54, 1.807) is 6.92 Å². The highest BCUT2D eigenvalue weighted by atomic mass is 16.3. The molecule has 0 unspecified atom stereocenters. The molecule has 2 atom stereocenters. The molecule has 0 aliphatic carbocycles. The van der Waals surface area contributed by atoms with E-state index in [-0.39, 0.29) is 0 Å². The van der Waals surface area contributed by atoms with Gasteiger partial charge in [0, 0.05) is 18.4 Å². The highest BCUT2D eigenvalue weighted by Crippen LogP contribution is 2.29. The molecule has 1 aromatic heterocycles. The van der Waals surface area contributed by atoms with E-state index in [4.69, 9.17) is 0 Å². The molecule has 124 valence electrons. The fraction of sp³-hybridized carbons (Fsp3) is 0.381. The summed E-state index contributed by atoms with van der Waals surface area (Å²) >= 11 is 0. The topological polar surface area (TPSA) is 36.4 Å². The van der Waals surface area contributed by atoms with Crippen molar-refractivity contribution in [3.05, 3.63) is 66.0 Å². The Labute approximate surface area is 144 Å². The Morgan fingerprint density at radius 3 is 2.79 bits per heavy atom. The lowest BCUT2D eigenvalue weighted by Crippen LogP contribution is -2.34. The van der Waals surface area contributed by atoms with Crippen LogP contribution in [0, 0.1) is 11.8 Å². The SMILES string of the molecule is C[C@@](O)(C#CCN1CCCC[C@H]1c1cccnc1)c1ccccc1. The van der Waals surface area contributed by atoms with Crippen molar-refractivity contribution in [2.24, 2.45) is 0 Å². The summed E-state index contributed by atoms with van der Waals surface area (Å²) in [7, 11) is 0. The van der Waals surface area contributed by atoms with Crippen molar-refractivity contribution in [1.82, 2.24) is 9.88 Å². The Morgan fingerprint density at radius 1 is 1.21 bits per heavy atom. The molecular formula is C21H24N2O. The number of nitrogens with zero attached hydrogens (tertiary/aromatic N) is 2. The van der Waals surface area contributed by atoms with Crippen LogP contribution in [-0.4, -0.2) is 28.1 Å². The molecule has 3 rings (SSSR count). The van der Waals surface area contributed by atoms with Crippen molar-refractivity contribution in [1.29, 1.82) is 0 Å². The third kappa shape index (κ3) is 4.03. The van der Waals surface area contributed by atoms with Gasteiger partial charge in [-0.25, -0.2) is 0 Å². The first-order chi connectivity index (χ1) is 11.7. The largest absolute Gasteiger partial charge is 0.374 e. The summed E-state index contributed by atoms with van der Waals surface area (Å²) in [6.07, 6.45) is 7.35. The molecule has 1 saturated heterocycles. The predicted octanol–water partition coefficient (Wildman–Crippen LogP) is 3.52. The first-order valence-electron chi connectivity index (χ1n) is 8.59. The average Bonchev–Trinajstić information content (AvgIpc) is 2.63. The molecule has 3 heteroatoms. The highest BCUT2D eigenvalue weighted by Gasteiger charge is 2.24. The molecule has 0 amide bonds. The third-order valence-electron chi connectivity index (χ3n) is 4.63. The first kappa shape index (κ1) is 16.7. The Hall–Kier alpha value is -2.15. The summed E-state index contributed by atoms with van der Waals surface area (Å²) in [5.41, 5.74) is 0.981. The Balaban J connectivity index is 1.71. The molecule has 1 N–H and O–H groups in total. The maximum atomic E-state index is 10.6. The van der Waals surface area contributed by atoms with Crippen LogP contribution in [0.15, 0.2) is 54.9 Å². The quantitative estimate of drug-likeness (QED) is 0.879. The van der Waals surface area contributed by atoms with Crippen molar-refractivity contribution in [3.8, 4) is 11.8 Å². The van der Waals surface area contributed by atoms with Crippen molar-refractivity contribution in [2.45, 2.75) is 37.8 Å². The van der Waals surface area contributed by atoms with E-state index in [2.05, 4.69) is 27.8 Å². The van der Waals surface area contributed by atoms with Crippen LogP contribution in [0.1, 0.15) is 43.4 Å². The van der Waals surface area contributed by atoms with Crippen molar-refractivity contribution in [3.63, 3.8) is 0 Å². The van der Waals surface area contributed by atoms with Crippen molar-refractivity contribution in [2.75, 3.05) is 13.1 Å². The monoisotopic (exact) mass is 320 g/mol. The summed E-state index contributed by atoms with van der Waals surface area (Å²) in [5, 5.41) is 10.6.